The fourth-order valence-electron chi connectivity index (χ4n) is 4.91. The van der Waals surface area contributed by atoms with Crippen LogP contribution in [-0.4, -0.2) is 70.1 Å². The van der Waals surface area contributed by atoms with Gasteiger partial charge in [-0.25, -0.2) is 14.4 Å². The van der Waals surface area contributed by atoms with Gasteiger partial charge in [-0.15, -0.1) is 4.74 Å². The van der Waals surface area contributed by atoms with Crippen LogP contribution in [-0.2, 0) is 4.74 Å². The van der Waals surface area contributed by atoms with E-state index in [2.05, 4.69) is 4.90 Å². The monoisotopic (exact) mass is 479 g/mol. The van der Waals surface area contributed by atoms with E-state index in [4.69, 9.17) is 9.26 Å². The zero-order valence-electron chi connectivity index (χ0n) is 19.9. The molecule has 0 bridgehead atoms. The van der Waals surface area contributed by atoms with Crippen LogP contribution in [0.15, 0.2) is 74.8 Å². The summed E-state index contributed by atoms with van der Waals surface area (Å²) >= 11 is 0. The first-order chi connectivity index (χ1) is 16.9. The third kappa shape index (κ3) is 4.08. The van der Waals surface area contributed by atoms with Gasteiger partial charge in [0, 0.05) is 31.9 Å². The maximum absolute atomic E-state index is 13.8. The molecule has 1 atom stereocenters. The lowest BCUT2D eigenvalue weighted by Crippen LogP contribution is -2.50. The second-order valence-electron chi connectivity index (χ2n) is 9.26. The van der Waals surface area contributed by atoms with Crippen LogP contribution < -0.4 is 16.3 Å². The minimum absolute atomic E-state index is 0.249. The number of hydrogen-bond donors (Lipinski definition) is 0. The highest BCUT2D eigenvalue weighted by atomic mass is 16.5. The Morgan fingerprint density at radius 1 is 0.857 bits per heavy atom. The molecular formula is C25H29N5O5. The fraction of sp³-hybridized carbons (Fsp3) is 0.400. The van der Waals surface area contributed by atoms with Crippen molar-refractivity contribution in [1.82, 2.24) is 19.1 Å². The van der Waals surface area contributed by atoms with Crippen molar-refractivity contribution in [2.24, 2.45) is 0 Å². The lowest BCUT2D eigenvalue weighted by Gasteiger charge is -2.35. The Kier molecular flexibility index (Phi) is 6.08. The summed E-state index contributed by atoms with van der Waals surface area (Å²) in [5, 5.41) is 0. The number of carbonyl (C=O) groups is 1. The van der Waals surface area contributed by atoms with E-state index in [0.717, 1.165) is 22.4 Å². The molecule has 2 fully saturated rings. The Labute approximate surface area is 202 Å². The molecule has 2 amide bonds. The number of morpholine rings is 1. The Morgan fingerprint density at radius 3 is 2.09 bits per heavy atom. The van der Waals surface area contributed by atoms with Gasteiger partial charge in [0.15, 0.2) is 6.17 Å². The van der Waals surface area contributed by atoms with E-state index < -0.39 is 23.2 Å². The summed E-state index contributed by atoms with van der Waals surface area (Å²) < 4.78 is 13.0. The summed E-state index contributed by atoms with van der Waals surface area (Å²) in [6.45, 7) is 7.88. The summed E-state index contributed by atoms with van der Waals surface area (Å²) in [6.07, 6.45) is -0.868. The van der Waals surface area contributed by atoms with Gasteiger partial charge in [-0.1, -0.05) is 36.4 Å². The largest absolute Gasteiger partial charge is 0.447 e. The summed E-state index contributed by atoms with van der Waals surface area (Å²) in [5.74, 6) is -0.802. The zero-order chi connectivity index (χ0) is 24.6. The predicted octanol–water partition coefficient (Wildman–Crippen LogP) is 2.14. The standard InChI is InChI=1S/C25H29N5O5/c1-25(2)21(30-23(32)29(24(33)35-30)20-11-7-4-8-12-20)28(19-9-5-3-6-10-19)22(31)27(25)14-13-26-15-17-34-18-16-26/h3-12,21H,13-18H2,1-2H3/t21-/m0/s1. The first-order valence-corrected chi connectivity index (χ1v) is 11.8. The molecule has 3 aromatic rings. The molecule has 184 valence electrons. The van der Waals surface area contributed by atoms with Crippen LogP contribution in [0.3, 0.4) is 0 Å². The maximum atomic E-state index is 13.8. The number of amides is 2. The van der Waals surface area contributed by atoms with Gasteiger partial charge in [0.2, 0.25) is 0 Å². The Morgan fingerprint density at radius 2 is 1.46 bits per heavy atom. The Hall–Kier alpha value is -3.63. The Bertz CT molecular complexity index is 1290. The number of urea groups is 1. The molecule has 0 saturated carbocycles. The minimum atomic E-state index is -0.868. The molecule has 2 saturated heterocycles. The van der Waals surface area contributed by atoms with Crippen molar-refractivity contribution in [2.45, 2.75) is 25.6 Å². The quantitative estimate of drug-likeness (QED) is 0.538. The van der Waals surface area contributed by atoms with Gasteiger partial charge in [0.1, 0.15) is 0 Å². The fourth-order valence-corrected chi connectivity index (χ4v) is 4.91. The molecule has 2 aromatic carbocycles. The molecule has 35 heavy (non-hydrogen) atoms. The average Bonchev–Trinajstić information content (AvgIpc) is 3.27. The molecule has 0 unspecified atom stereocenters. The molecule has 2 aliphatic rings. The van der Waals surface area contributed by atoms with Crippen LogP contribution in [0.25, 0.3) is 5.69 Å². The van der Waals surface area contributed by atoms with Gasteiger partial charge in [0.25, 0.3) is 0 Å². The summed E-state index contributed by atoms with van der Waals surface area (Å²) in [6, 6.07) is 17.5. The van der Waals surface area contributed by atoms with Crippen LogP contribution in [0, 0.1) is 0 Å². The minimum Gasteiger partial charge on any atom is -0.379 e. The second-order valence-corrected chi connectivity index (χ2v) is 9.26. The number of para-hydroxylation sites is 2. The topological polar surface area (TPSA) is 93.2 Å². The number of benzene rings is 2. The smallest absolute Gasteiger partial charge is 0.379 e. The van der Waals surface area contributed by atoms with Crippen LogP contribution in [0.5, 0.6) is 0 Å². The molecule has 3 heterocycles. The highest BCUT2D eigenvalue weighted by Gasteiger charge is 2.55. The van der Waals surface area contributed by atoms with Gasteiger partial charge in [0.05, 0.1) is 24.4 Å². The average molecular weight is 480 g/mol. The number of carbonyl (C=O) groups excluding carboxylic acids is 1. The molecule has 10 heteroatoms. The lowest BCUT2D eigenvalue weighted by atomic mass is 10.00. The van der Waals surface area contributed by atoms with Crippen molar-refractivity contribution in [3.05, 3.63) is 81.7 Å². The maximum Gasteiger partial charge on any atom is 0.447 e. The second kappa shape index (κ2) is 9.20. The SMILES string of the molecule is CC1(C)[C@H](n2oc(=O)n(-c3ccccc3)c2=O)N(c2ccccc2)C(=O)N1CCN1CCOCC1. The van der Waals surface area contributed by atoms with Gasteiger partial charge in [-0.05, 0) is 38.1 Å². The highest BCUT2D eigenvalue weighted by molar-refractivity contribution is 5.95. The van der Waals surface area contributed by atoms with E-state index in [1.165, 1.54) is 0 Å². The third-order valence-corrected chi connectivity index (χ3v) is 6.76. The van der Waals surface area contributed by atoms with Crippen molar-refractivity contribution >= 4 is 11.7 Å². The van der Waals surface area contributed by atoms with Crippen molar-refractivity contribution in [3.8, 4) is 5.69 Å². The molecule has 5 rings (SSSR count). The van der Waals surface area contributed by atoms with Crippen LogP contribution in [0.1, 0.15) is 20.0 Å². The number of anilines is 1. The van der Waals surface area contributed by atoms with Crippen molar-refractivity contribution in [3.63, 3.8) is 0 Å². The van der Waals surface area contributed by atoms with Gasteiger partial charge in [-0.3, -0.25) is 9.80 Å². The van der Waals surface area contributed by atoms with Crippen LogP contribution >= 0.6 is 0 Å². The molecular weight excluding hydrogens is 450 g/mol. The van der Waals surface area contributed by atoms with E-state index in [0.29, 0.717) is 37.7 Å². The number of aromatic nitrogens is 2. The summed E-state index contributed by atoms with van der Waals surface area (Å²) in [7, 11) is 0. The summed E-state index contributed by atoms with van der Waals surface area (Å²) in [4.78, 5) is 45.7. The van der Waals surface area contributed by atoms with E-state index in [1.807, 2.05) is 44.2 Å². The number of rotatable bonds is 6. The van der Waals surface area contributed by atoms with Crippen molar-refractivity contribution < 1.29 is 14.1 Å². The lowest BCUT2D eigenvalue weighted by molar-refractivity contribution is 0.0288. The molecule has 0 radical (unpaired) electrons. The first kappa shape index (κ1) is 23.1. The molecule has 1 aromatic heterocycles. The number of ether oxygens (including phenoxy) is 1. The molecule has 0 spiro atoms. The predicted molar refractivity (Wildman–Crippen MR) is 130 cm³/mol. The van der Waals surface area contributed by atoms with E-state index >= 15 is 0 Å². The van der Waals surface area contributed by atoms with Gasteiger partial charge in [-0.2, -0.15) is 4.57 Å². The van der Waals surface area contributed by atoms with Crippen molar-refractivity contribution in [1.29, 1.82) is 0 Å². The number of nitrogens with zero attached hydrogens (tertiary/aromatic N) is 5. The van der Waals surface area contributed by atoms with Gasteiger partial charge >= 0.3 is 17.5 Å². The molecule has 0 aliphatic carbocycles. The Balaban J connectivity index is 1.57. The summed E-state index contributed by atoms with van der Waals surface area (Å²) in [5.41, 5.74) is -0.473. The zero-order valence-corrected chi connectivity index (χ0v) is 19.9. The van der Waals surface area contributed by atoms with E-state index in [1.54, 1.807) is 40.1 Å². The highest BCUT2D eigenvalue weighted by Crippen LogP contribution is 2.42. The molecule has 2 aliphatic heterocycles. The van der Waals surface area contributed by atoms with Crippen molar-refractivity contribution in [2.75, 3.05) is 44.3 Å². The normalized spacial score (nSPS) is 20.5. The molecule has 0 N–H and O–H groups in total. The van der Waals surface area contributed by atoms with Crippen LogP contribution in [0.4, 0.5) is 10.5 Å². The van der Waals surface area contributed by atoms with Gasteiger partial charge < -0.3 is 14.2 Å². The first-order valence-electron chi connectivity index (χ1n) is 11.8. The number of hydrogen-bond acceptors (Lipinski definition) is 6. The van der Waals surface area contributed by atoms with E-state index in [-0.39, 0.29) is 6.03 Å². The molecule has 10 nitrogen and oxygen atoms in total. The third-order valence-electron chi connectivity index (χ3n) is 6.76. The van der Waals surface area contributed by atoms with Crippen LogP contribution in [0.2, 0.25) is 0 Å². The van der Waals surface area contributed by atoms with E-state index in [9.17, 15) is 14.4 Å².